The van der Waals surface area contributed by atoms with Crippen LogP contribution in [0.25, 0.3) is 10.2 Å². The van der Waals surface area contributed by atoms with Gasteiger partial charge in [0.25, 0.3) is 0 Å². The Morgan fingerprint density at radius 3 is 2.52 bits per heavy atom. The van der Waals surface area contributed by atoms with Crippen LogP contribution >= 0.6 is 11.3 Å². The van der Waals surface area contributed by atoms with Gasteiger partial charge in [-0.1, -0.05) is 50.1 Å². The van der Waals surface area contributed by atoms with Gasteiger partial charge in [0.1, 0.15) is 12.6 Å². The minimum atomic E-state index is -4.01. The number of carbonyl (C=O) groups is 3. The number of benzene rings is 2. The van der Waals surface area contributed by atoms with Gasteiger partial charge >= 0.3 is 6.09 Å². The van der Waals surface area contributed by atoms with E-state index in [1.165, 1.54) is 28.6 Å². The van der Waals surface area contributed by atoms with Crippen molar-refractivity contribution in [3.63, 3.8) is 0 Å². The first kappa shape index (κ1) is 32.9. The summed E-state index contributed by atoms with van der Waals surface area (Å²) in [5.41, 5.74) is 8.39. The highest BCUT2D eigenvalue weighted by Crippen LogP contribution is 2.25. The number of alkyl carbamates (subject to hydrolysis) is 1. The van der Waals surface area contributed by atoms with Crippen LogP contribution in [0, 0.1) is 0 Å². The van der Waals surface area contributed by atoms with E-state index in [4.69, 9.17) is 10.5 Å². The maximum Gasteiger partial charge on any atom is 0.407 e. The zero-order valence-corrected chi connectivity index (χ0v) is 25.2. The summed E-state index contributed by atoms with van der Waals surface area (Å²) in [7, 11) is -4.01. The summed E-state index contributed by atoms with van der Waals surface area (Å²) in [6.45, 7) is 2.56. The molecule has 0 aliphatic carbocycles. The molecule has 5 N–H and O–H groups in total. The van der Waals surface area contributed by atoms with Gasteiger partial charge in [0.2, 0.25) is 21.8 Å². The molecule has 0 saturated heterocycles. The SMILES string of the molecule is CCCCCN(CC(O)C(Cc1ccccc1)NC(=O)OCC(NC(C)=O)C(N)=O)S(=O)(=O)c1ccc2ncsc2c1. The molecule has 3 amide bonds. The molecule has 3 unspecified atom stereocenters. The van der Waals surface area contributed by atoms with E-state index < -0.39 is 52.7 Å². The number of fused-ring (bicyclic) bond motifs is 1. The molecule has 0 saturated carbocycles. The summed E-state index contributed by atoms with van der Waals surface area (Å²) < 4.78 is 34.6. The monoisotopic (exact) mass is 619 g/mol. The number of hydrogen-bond acceptors (Lipinski definition) is 9. The molecule has 0 radical (unpaired) electrons. The fourth-order valence-electron chi connectivity index (χ4n) is 4.27. The molecule has 12 nitrogen and oxygen atoms in total. The van der Waals surface area contributed by atoms with E-state index in [2.05, 4.69) is 15.6 Å². The summed E-state index contributed by atoms with van der Waals surface area (Å²) in [5, 5.41) is 16.3. The lowest BCUT2D eigenvalue weighted by atomic mass is 10.0. The van der Waals surface area contributed by atoms with E-state index >= 15 is 0 Å². The van der Waals surface area contributed by atoms with Crippen molar-refractivity contribution in [3.8, 4) is 0 Å². The first-order valence-electron chi connectivity index (χ1n) is 13.6. The fraction of sp³-hybridized carbons (Fsp3) is 0.429. The molecular formula is C28H37N5O7S2. The number of nitrogens with two attached hydrogens (primary N) is 1. The summed E-state index contributed by atoms with van der Waals surface area (Å²) in [6, 6.07) is 11.6. The number of amides is 3. The maximum absolute atomic E-state index is 13.8. The summed E-state index contributed by atoms with van der Waals surface area (Å²) >= 11 is 1.33. The topological polar surface area (TPSA) is 181 Å². The van der Waals surface area contributed by atoms with Crippen molar-refractivity contribution >= 4 is 49.5 Å². The Kier molecular flexibility index (Phi) is 12.2. The molecule has 3 atom stereocenters. The normalized spacial score (nSPS) is 13.8. The minimum absolute atomic E-state index is 0.0883. The molecule has 14 heteroatoms. The number of hydrogen-bond donors (Lipinski definition) is 4. The molecule has 0 aliphatic rings. The van der Waals surface area contributed by atoms with Crippen molar-refractivity contribution in [2.45, 2.75) is 62.6 Å². The number of unbranched alkanes of at least 4 members (excludes halogenated alkanes) is 2. The average molecular weight is 620 g/mol. The second-order valence-corrected chi connectivity index (χ2v) is 12.6. The predicted molar refractivity (Wildman–Crippen MR) is 159 cm³/mol. The van der Waals surface area contributed by atoms with Crippen molar-refractivity contribution in [1.29, 1.82) is 0 Å². The second kappa shape index (κ2) is 15.6. The minimum Gasteiger partial charge on any atom is -0.447 e. The van der Waals surface area contributed by atoms with Gasteiger partial charge in [-0.25, -0.2) is 18.2 Å². The van der Waals surface area contributed by atoms with Crippen LogP contribution < -0.4 is 16.4 Å². The molecule has 42 heavy (non-hydrogen) atoms. The second-order valence-electron chi connectivity index (χ2n) is 9.81. The molecule has 228 valence electrons. The Hall–Kier alpha value is -3.59. The van der Waals surface area contributed by atoms with Crippen LogP contribution in [0.3, 0.4) is 0 Å². The van der Waals surface area contributed by atoms with Crippen LogP contribution in [0.1, 0.15) is 38.7 Å². The maximum atomic E-state index is 13.8. The van der Waals surface area contributed by atoms with E-state index in [0.29, 0.717) is 11.9 Å². The molecule has 0 spiro atoms. The highest BCUT2D eigenvalue weighted by molar-refractivity contribution is 7.89. The first-order chi connectivity index (χ1) is 20.0. The Morgan fingerprint density at radius 2 is 1.86 bits per heavy atom. The number of primary amides is 1. The van der Waals surface area contributed by atoms with E-state index in [1.54, 1.807) is 29.8 Å². The standard InChI is InChI=1S/C28H37N5O7S2/c1-3-4-8-13-33(42(38,39)21-11-12-22-26(15-21)41-18-30-22)16-25(35)23(14-20-9-6-5-7-10-20)32-28(37)40-17-24(27(29)36)31-19(2)34/h5-7,9-12,15,18,23-25,35H,3-4,8,13-14,16-17H2,1-2H3,(H2,29,36)(H,31,34)(H,32,37). The lowest BCUT2D eigenvalue weighted by Crippen LogP contribution is -2.52. The third-order valence-electron chi connectivity index (χ3n) is 6.51. The third kappa shape index (κ3) is 9.48. The van der Waals surface area contributed by atoms with E-state index in [-0.39, 0.29) is 24.4 Å². The number of nitrogens with one attached hydrogen (secondary N) is 2. The van der Waals surface area contributed by atoms with E-state index in [0.717, 1.165) is 23.1 Å². The van der Waals surface area contributed by atoms with Crippen LogP contribution in [0.4, 0.5) is 4.79 Å². The molecule has 1 heterocycles. The Bertz CT molecular complexity index is 1450. The number of thiazole rings is 1. The van der Waals surface area contributed by atoms with Crippen LogP contribution in [0.2, 0.25) is 0 Å². The van der Waals surface area contributed by atoms with Crippen LogP contribution in [-0.2, 0) is 30.8 Å². The number of sulfonamides is 1. The van der Waals surface area contributed by atoms with Gasteiger partial charge in [0.05, 0.1) is 32.8 Å². The van der Waals surface area contributed by atoms with Crippen molar-refractivity contribution < 1.29 is 32.6 Å². The zero-order valence-electron chi connectivity index (χ0n) is 23.6. The van der Waals surface area contributed by atoms with Gasteiger partial charge in [0, 0.05) is 20.0 Å². The number of aliphatic hydroxyl groups is 1. The Balaban J connectivity index is 1.82. The molecule has 0 aliphatic heterocycles. The number of aliphatic hydroxyl groups excluding tert-OH is 1. The number of nitrogens with zero attached hydrogens (tertiary/aromatic N) is 2. The summed E-state index contributed by atoms with van der Waals surface area (Å²) in [6.07, 6.45) is 0.118. The van der Waals surface area contributed by atoms with Crippen molar-refractivity contribution in [3.05, 3.63) is 59.6 Å². The largest absolute Gasteiger partial charge is 0.447 e. The first-order valence-corrected chi connectivity index (χ1v) is 15.9. The van der Waals surface area contributed by atoms with Gasteiger partial charge in [-0.2, -0.15) is 4.31 Å². The van der Waals surface area contributed by atoms with Crippen molar-refractivity contribution in [2.75, 3.05) is 19.7 Å². The number of carbonyl (C=O) groups excluding carboxylic acids is 3. The van der Waals surface area contributed by atoms with Crippen molar-refractivity contribution in [1.82, 2.24) is 19.9 Å². The molecule has 1 aromatic heterocycles. The number of aromatic nitrogens is 1. The van der Waals surface area contributed by atoms with Crippen molar-refractivity contribution in [2.24, 2.45) is 5.73 Å². The quantitative estimate of drug-likeness (QED) is 0.176. The van der Waals surface area contributed by atoms with Gasteiger partial charge < -0.3 is 26.2 Å². The molecule has 3 rings (SSSR count). The Labute approximate surface area is 249 Å². The van der Waals surface area contributed by atoms with E-state index in [1.807, 2.05) is 25.1 Å². The summed E-state index contributed by atoms with van der Waals surface area (Å²) in [5.74, 6) is -1.41. The highest BCUT2D eigenvalue weighted by atomic mass is 32.2. The van der Waals surface area contributed by atoms with Gasteiger partial charge in [-0.15, -0.1) is 11.3 Å². The third-order valence-corrected chi connectivity index (χ3v) is 9.16. The molecule has 3 aromatic rings. The van der Waals surface area contributed by atoms with Crippen LogP contribution in [0.5, 0.6) is 0 Å². The molecule has 2 aromatic carbocycles. The number of rotatable bonds is 16. The Morgan fingerprint density at radius 1 is 1.12 bits per heavy atom. The zero-order chi connectivity index (χ0) is 30.7. The lowest BCUT2D eigenvalue weighted by Gasteiger charge is -2.30. The number of ether oxygens (including phenoxy) is 1. The lowest BCUT2D eigenvalue weighted by molar-refractivity contribution is -0.127. The van der Waals surface area contributed by atoms with Crippen LogP contribution in [-0.4, -0.2) is 78.6 Å². The predicted octanol–water partition coefficient (Wildman–Crippen LogP) is 2.17. The average Bonchev–Trinajstić information content (AvgIpc) is 3.43. The smallest absolute Gasteiger partial charge is 0.407 e. The summed E-state index contributed by atoms with van der Waals surface area (Å²) in [4.78, 5) is 40.0. The molecular weight excluding hydrogens is 582 g/mol. The van der Waals surface area contributed by atoms with Gasteiger partial charge in [0.15, 0.2) is 0 Å². The van der Waals surface area contributed by atoms with E-state index in [9.17, 15) is 27.9 Å². The molecule has 0 fully saturated rings. The fourth-order valence-corrected chi connectivity index (χ4v) is 6.59. The molecule has 0 bridgehead atoms. The van der Waals surface area contributed by atoms with Gasteiger partial charge in [-0.3, -0.25) is 9.59 Å². The highest BCUT2D eigenvalue weighted by Gasteiger charge is 2.31. The van der Waals surface area contributed by atoms with Gasteiger partial charge in [-0.05, 0) is 36.6 Å². The van der Waals surface area contributed by atoms with Crippen LogP contribution in [0.15, 0.2) is 58.9 Å².